The molecular weight excluding hydrogens is 326 g/mol. The predicted octanol–water partition coefficient (Wildman–Crippen LogP) is 3.84. The van der Waals surface area contributed by atoms with Crippen LogP contribution in [0.4, 0.5) is 0 Å². The maximum Gasteiger partial charge on any atom is 0.273 e. The SMILES string of the molecule is Cc1ccc(C)c(CN(Cc2nc(C(=O)NC(C)C)co2)CC2CC2)c1. The van der Waals surface area contributed by atoms with Gasteiger partial charge in [0.2, 0.25) is 5.89 Å². The molecule has 1 aliphatic rings. The number of nitrogens with zero attached hydrogens (tertiary/aromatic N) is 2. The fourth-order valence-electron chi connectivity index (χ4n) is 3.08. The van der Waals surface area contributed by atoms with Gasteiger partial charge in [-0.05, 0) is 57.6 Å². The van der Waals surface area contributed by atoms with E-state index in [1.807, 2.05) is 13.8 Å². The first-order valence-electron chi connectivity index (χ1n) is 9.44. The molecule has 5 nitrogen and oxygen atoms in total. The van der Waals surface area contributed by atoms with Crippen LogP contribution in [-0.2, 0) is 13.1 Å². The van der Waals surface area contributed by atoms with Gasteiger partial charge in [-0.3, -0.25) is 9.69 Å². The van der Waals surface area contributed by atoms with Gasteiger partial charge in [-0.1, -0.05) is 23.8 Å². The normalized spacial score (nSPS) is 14.2. The highest BCUT2D eigenvalue weighted by molar-refractivity contribution is 5.92. The van der Waals surface area contributed by atoms with E-state index in [1.54, 1.807) is 0 Å². The van der Waals surface area contributed by atoms with Crippen LogP contribution in [-0.4, -0.2) is 28.4 Å². The summed E-state index contributed by atoms with van der Waals surface area (Å²) in [7, 11) is 0. The Bertz CT molecular complexity index is 762. The van der Waals surface area contributed by atoms with E-state index in [0.717, 1.165) is 19.0 Å². The van der Waals surface area contributed by atoms with Gasteiger partial charge < -0.3 is 9.73 Å². The highest BCUT2D eigenvalue weighted by Crippen LogP contribution is 2.31. The number of rotatable bonds is 8. The second-order valence-corrected chi connectivity index (χ2v) is 7.80. The van der Waals surface area contributed by atoms with Gasteiger partial charge >= 0.3 is 0 Å². The Balaban J connectivity index is 1.69. The number of oxazole rings is 1. The molecule has 1 amide bonds. The van der Waals surface area contributed by atoms with Gasteiger partial charge in [-0.15, -0.1) is 0 Å². The van der Waals surface area contributed by atoms with Gasteiger partial charge in [-0.2, -0.15) is 0 Å². The number of aryl methyl sites for hydroxylation is 2. The van der Waals surface area contributed by atoms with Crippen LogP contribution in [0, 0.1) is 19.8 Å². The van der Waals surface area contributed by atoms with Crippen molar-refractivity contribution >= 4 is 5.91 Å². The number of hydrogen-bond acceptors (Lipinski definition) is 4. The molecule has 0 saturated heterocycles. The Labute approximate surface area is 155 Å². The van der Waals surface area contributed by atoms with Crippen LogP contribution in [0.15, 0.2) is 28.9 Å². The summed E-state index contributed by atoms with van der Waals surface area (Å²) < 4.78 is 5.58. The minimum Gasteiger partial charge on any atom is -0.447 e. The van der Waals surface area contributed by atoms with Crippen molar-refractivity contribution in [3.8, 4) is 0 Å². The van der Waals surface area contributed by atoms with E-state index in [2.05, 4.69) is 47.2 Å². The lowest BCUT2D eigenvalue weighted by molar-refractivity contribution is 0.0938. The minimum atomic E-state index is -0.182. The molecule has 0 unspecified atom stereocenters. The van der Waals surface area contributed by atoms with Crippen molar-refractivity contribution in [3.63, 3.8) is 0 Å². The zero-order chi connectivity index (χ0) is 18.7. The van der Waals surface area contributed by atoms with Crippen molar-refractivity contribution < 1.29 is 9.21 Å². The number of amides is 1. The van der Waals surface area contributed by atoms with Crippen molar-refractivity contribution in [1.29, 1.82) is 0 Å². The molecule has 3 rings (SSSR count). The summed E-state index contributed by atoms with van der Waals surface area (Å²) in [6, 6.07) is 6.67. The van der Waals surface area contributed by atoms with Crippen molar-refractivity contribution in [3.05, 3.63) is 52.7 Å². The van der Waals surface area contributed by atoms with Gasteiger partial charge in [0, 0.05) is 19.1 Å². The summed E-state index contributed by atoms with van der Waals surface area (Å²) in [6.07, 6.45) is 4.06. The number of nitrogens with one attached hydrogen (secondary N) is 1. The number of benzene rings is 1. The molecule has 0 spiro atoms. The summed E-state index contributed by atoms with van der Waals surface area (Å²) in [5.41, 5.74) is 4.28. The van der Waals surface area contributed by atoms with E-state index in [-0.39, 0.29) is 11.9 Å². The highest BCUT2D eigenvalue weighted by atomic mass is 16.3. The van der Waals surface area contributed by atoms with Gasteiger partial charge in [0.25, 0.3) is 5.91 Å². The molecule has 140 valence electrons. The van der Waals surface area contributed by atoms with E-state index in [0.29, 0.717) is 18.1 Å². The topological polar surface area (TPSA) is 58.4 Å². The lowest BCUT2D eigenvalue weighted by Crippen LogP contribution is -2.30. The molecule has 26 heavy (non-hydrogen) atoms. The Kier molecular flexibility index (Phi) is 5.77. The second kappa shape index (κ2) is 8.04. The zero-order valence-electron chi connectivity index (χ0n) is 16.2. The average Bonchev–Trinajstić information content (AvgIpc) is 3.25. The van der Waals surface area contributed by atoms with E-state index in [9.17, 15) is 4.79 Å². The first-order valence-corrected chi connectivity index (χ1v) is 9.44. The molecule has 0 atom stereocenters. The predicted molar refractivity (Wildman–Crippen MR) is 102 cm³/mol. The van der Waals surface area contributed by atoms with Crippen LogP contribution >= 0.6 is 0 Å². The molecule has 1 N–H and O–H groups in total. The smallest absolute Gasteiger partial charge is 0.273 e. The molecule has 2 aromatic rings. The highest BCUT2D eigenvalue weighted by Gasteiger charge is 2.26. The first kappa shape index (κ1) is 18.6. The van der Waals surface area contributed by atoms with Crippen molar-refractivity contribution in [2.75, 3.05) is 6.54 Å². The third-order valence-electron chi connectivity index (χ3n) is 4.67. The fraction of sp³-hybridized carbons (Fsp3) is 0.524. The number of carbonyl (C=O) groups is 1. The molecule has 5 heteroatoms. The van der Waals surface area contributed by atoms with Crippen molar-refractivity contribution in [2.45, 2.75) is 59.7 Å². The molecule has 0 radical (unpaired) electrons. The molecule has 1 aromatic heterocycles. The quantitative estimate of drug-likeness (QED) is 0.781. The Hall–Kier alpha value is -2.14. The third-order valence-corrected chi connectivity index (χ3v) is 4.67. The monoisotopic (exact) mass is 355 g/mol. The summed E-state index contributed by atoms with van der Waals surface area (Å²) >= 11 is 0. The third kappa shape index (κ3) is 5.18. The Morgan fingerprint density at radius 1 is 1.31 bits per heavy atom. The standard InChI is InChI=1S/C21H29N3O2/c1-14(2)22-21(25)19-13-26-20(23-19)12-24(10-17-7-8-17)11-18-9-15(3)5-6-16(18)4/h5-6,9,13-14,17H,7-8,10-12H2,1-4H3,(H,22,25). The summed E-state index contributed by atoms with van der Waals surface area (Å²) in [5, 5.41) is 2.85. The molecular formula is C21H29N3O2. The molecule has 1 aromatic carbocycles. The molecule has 1 heterocycles. The van der Waals surface area contributed by atoms with Crippen LogP contribution < -0.4 is 5.32 Å². The molecule has 0 aliphatic heterocycles. The van der Waals surface area contributed by atoms with Crippen LogP contribution in [0.5, 0.6) is 0 Å². The van der Waals surface area contributed by atoms with Gasteiger partial charge in [-0.25, -0.2) is 4.98 Å². The average molecular weight is 355 g/mol. The minimum absolute atomic E-state index is 0.0818. The maximum atomic E-state index is 12.1. The van der Waals surface area contributed by atoms with Crippen LogP contribution in [0.1, 0.15) is 59.8 Å². The van der Waals surface area contributed by atoms with E-state index in [4.69, 9.17) is 4.42 Å². The van der Waals surface area contributed by atoms with Crippen LogP contribution in [0.25, 0.3) is 0 Å². The van der Waals surface area contributed by atoms with Gasteiger partial charge in [0.05, 0.1) is 6.54 Å². The van der Waals surface area contributed by atoms with E-state index < -0.39 is 0 Å². The fourth-order valence-corrected chi connectivity index (χ4v) is 3.08. The lowest BCUT2D eigenvalue weighted by Gasteiger charge is -2.22. The number of carbonyl (C=O) groups excluding carboxylic acids is 1. The number of hydrogen-bond donors (Lipinski definition) is 1. The number of aromatic nitrogens is 1. The van der Waals surface area contributed by atoms with Crippen molar-refractivity contribution in [2.24, 2.45) is 5.92 Å². The lowest BCUT2D eigenvalue weighted by atomic mass is 10.1. The maximum absolute atomic E-state index is 12.1. The summed E-state index contributed by atoms with van der Waals surface area (Å²) in [5.74, 6) is 1.20. The molecule has 1 saturated carbocycles. The van der Waals surface area contributed by atoms with Crippen molar-refractivity contribution in [1.82, 2.24) is 15.2 Å². The van der Waals surface area contributed by atoms with Crippen LogP contribution in [0.2, 0.25) is 0 Å². The molecule has 1 aliphatic carbocycles. The Morgan fingerprint density at radius 2 is 2.08 bits per heavy atom. The summed E-state index contributed by atoms with van der Waals surface area (Å²) in [4.78, 5) is 18.8. The van der Waals surface area contributed by atoms with Crippen LogP contribution in [0.3, 0.4) is 0 Å². The van der Waals surface area contributed by atoms with Gasteiger partial charge in [0.1, 0.15) is 6.26 Å². The molecule has 0 bridgehead atoms. The second-order valence-electron chi connectivity index (χ2n) is 7.80. The Morgan fingerprint density at radius 3 is 2.77 bits per heavy atom. The van der Waals surface area contributed by atoms with Gasteiger partial charge in [0.15, 0.2) is 5.69 Å². The largest absolute Gasteiger partial charge is 0.447 e. The van der Waals surface area contributed by atoms with E-state index in [1.165, 1.54) is 35.8 Å². The summed E-state index contributed by atoms with van der Waals surface area (Å²) in [6.45, 7) is 10.7. The zero-order valence-corrected chi connectivity index (χ0v) is 16.2. The first-order chi connectivity index (χ1) is 12.4. The van der Waals surface area contributed by atoms with E-state index >= 15 is 0 Å². The molecule has 1 fully saturated rings.